The summed E-state index contributed by atoms with van der Waals surface area (Å²) in [4.78, 5) is 4.37. The maximum absolute atomic E-state index is 13.1. The van der Waals surface area contributed by atoms with E-state index in [0.717, 1.165) is 24.3 Å². The van der Waals surface area contributed by atoms with E-state index < -0.39 is 10.0 Å². The highest BCUT2D eigenvalue weighted by Crippen LogP contribution is 2.29. The van der Waals surface area contributed by atoms with Gasteiger partial charge >= 0.3 is 0 Å². The molecule has 2 aromatic rings. The minimum absolute atomic E-state index is 0.0829. The van der Waals surface area contributed by atoms with Gasteiger partial charge in [0.25, 0.3) is 0 Å². The molecule has 1 N–H and O–H groups in total. The number of anilines is 1. The fourth-order valence-electron chi connectivity index (χ4n) is 3.60. The summed E-state index contributed by atoms with van der Waals surface area (Å²) in [5, 5.41) is 0. The van der Waals surface area contributed by atoms with Crippen molar-refractivity contribution in [3.05, 3.63) is 48.0 Å². The number of methoxy groups -OCH3 is 2. The molecule has 0 amide bonds. The molecule has 0 bridgehead atoms. The van der Waals surface area contributed by atoms with Gasteiger partial charge in [-0.05, 0) is 29.8 Å². The Hall–Kier alpha value is -2.33. The molecule has 1 saturated heterocycles. The van der Waals surface area contributed by atoms with Crippen LogP contribution in [-0.2, 0) is 14.8 Å². The molecule has 1 atom stereocenters. The lowest BCUT2D eigenvalue weighted by Gasteiger charge is -2.35. The third kappa shape index (κ3) is 5.68. The van der Waals surface area contributed by atoms with Gasteiger partial charge in [-0.15, -0.1) is 0 Å². The zero-order chi connectivity index (χ0) is 22.4. The van der Waals surface area contributed by atoms with Gasteiger partial charge in [0.1, 0.15) is 16.4 Å². The van der Waals surface area contributed by atoms with E-state index in [0.29, 0.717) is 19.0 Å². The van der Waals surface area contributed by atoms with Crippen LogP contribution in [-0.4, -0.2) is 74.5 Å². The predicted octanol–water partition coefficient (Wildman–Crippen LogP) is 2.12. The molecule has 2 aromatic carbocycles. The van der Waals surface area contributed by atoms with E-state index in [1.165, 1.54) is 20.3 Å². The molecule has 170 valence electrons. The van der Waals surface area contributed by atoms with Crippen molar-refractivity contribution in [3.63, 3.8) is 0 Å². The summed E-state index contributed by atoms with van der Waals surface area (Å²) in [6, 6.07) is 12.8. The normalized spacial score (nSPS) is 16.0. The Morgan fingerprint density at radius 2 is 1.74 bits per heavy atom. The maximum Gasteiger partial charge on any atom is 0.244 e. The predicted molar refractivity (Wildman–Crippen MR) is 121 cm³/mol. The molecule has 1 heterocycles. The van der Waals surface area contributed by atoms with Gasteiger partial charge in [-0.25, -0.2) is 13.1 Å². The summed E-state index contributed by atoms with van der Waals surface area (Å²) < 4.78 is 44.9. The van der Waals surface area contributed by atoms with Gasteiger partial charge in [0.05, 0.1) is 27.4 Å². The molecule has 0 unspecified atom stereocenters. The van der Waals surface area contributed by atoms with Gasteiger partial charge < -0.3 is 19.1 Å². The van der Waals surface area contributed by atoms with E-state index in [9.17, 15) is 8.42 Å². The van der Waals surface area contributed by atoms with Crippen LogP contribution in [0.15, 0.2) is 47.4 Å². The molecule has 0 aromatic heterocycles. The molecule has 0 aliphatic carbocycles. The van der Waals surface area contributed by atoms with Crippen molar-refractivity contribution in [3.8, 4) is 11.5 Å². The van der Waals surface area contributed by atoms with E-state index in [1.54, 1.807) is 12.1 Å². The molecule has 0 spiro atoms. The largest absolute Gasteiger partial charge is 0.497 e. The van der Waals surface area contributed by atoms with Crippen LogP contribution in [0, 0.1) is 0 Å². The molecular formula is C22H31N3O5S. The summed E-state index contributed by atoms with van der Waals surface area (Å²) in [5.74, 6) is 0.771. The third-order valence-corrected chi connectivity index (χ3v) is 6.87. The third-order valence-electron chi connectivity index (χ3n) is 5.41. The zero-order valence-corrected chi connectivity index (χ0v) is 19.3. The first kappa shape index (κ1) is 23.3. The Bertz CT molecular complexity index is 958. The number of hydrogen-bond donors (Lipinski definition) is 1. The lowest BCUT2D eigenvalue weighted by atomic mass is 10.0. The molecule has 3 rings (SSSR count). The molecule has 31 heavy (non-hydrogen) atoms. The van der Waals surface area contributed by atoms with Crippen molar-refractivity contribution in [1.29, 1.82) is 0 Å². The second-order valence-electron chi connectivity index (χ2n) is 7.52. The second-order valence-corrected chi connectivity index (χ2v) is 9.25. The zero-order valence-electron chi connectivity index (χ0n) is 18.5. The highest BCUT2D eigenvalue weighted by Gasteiger charge is 2.26. The fraction of sp³-hybridized carbons (Fsp3) is 0.455. The Kier molecular flexibility index (Phi) is 7.77. The van der Waals surface area contributed by atoms with E-state index >= 15 is 0 Å². The van der Waals surface area contributed by atoms with Gasteiger partial charge in [-0.1, -0.05) is 12.1 Å². The van der Waals surface area contributed by atoms with Crippen molar-refractivity contribution in [1.82, 2.24) is 9.62 Å². The number of rotatable bonds is 9. The lowest BCUT2D eigenvalue weighted by Crippen LogP contribution is -2.43. The highest BCUT2D eigenvalue weighted by molar-refractivity contribution is 7.89. The number of morpholine rings is 1. The number of benzene rings is 2. The van der Waals surface area contributed by atoms with Crippen LogP contribution in [0.1, 0.15) is 11.6 Å². The first-order chi connectivity index (χ1) is 14.9. The standard InChI is InChI=1S/C22H31N3O5S/c1-24(2)18-7-5-17(6-8-18)20(25-11-13-30-14-12-25)16-23-31(26,27)22-10-9-19(28-3)15-21(22)29-4/h5-10,15,20,23H,11-14,16H2,1-4H3/t20-/m0/s1. The molecule has 1 aliphatic rings. The number of nitrogens with zero attached hydrogens (tertiary/aromatic N) is 2. The first-order valence-electron chi connectivity index (χ1n) is 10.2. The van der Waals surface area contributed by atoms with Crippen molar-refractivity contribution in [2.24, 2.45) is 0 Å². The smallest absolute Gasteiger partial charge is 0.244 e. The van der Waals surface area contributed by atoms with Crippen LogP contribution in [0.4, 0.5) is 5.69 Å². The van der Waals surface area contributed by atoms with Gasteiger partial charge in [0.2, 0.25) is 10.0 Å². The van der Waals surface area contributed by atoms with Crippen molar-refractivity contribution in [2.75, 3.05) is 66.1 Å². The summed E-state index contributed by atoms with van der Waals surface area (Å²) in [7, 11) is 3.16. The number of nitrogens with one attached hydrogen (secondary N) is 1. The average molecular weight is 450 g/mol. The van der Waals surface area contributed by atoms with Crippen molar-refractivity contribution < 1.29 is 22.6 Å². The van der Waals surface area contributed by atoms with E-state index in [1.807, 2.05) is 31.1 Å². The van der Waals surface area contributed by atoms with Gasteiger partial charge in [0, 0.05) is 51.5 Å². The fourth-order valence-corrected chi connectivity index (χ4v) is 4.79. The monoisotopic (exact) mass is 449 g/mol. The first-order valence-corrected chi connectivity index (χ1v) is 11.6. The maximum atomic E-state index is 13.1. The van der Waals surface area contributed by atoms with Gasteiger partial charge in [-0.3, -0.25) is 4.90 Å². The molecule has 1 fully saturated rings. The minimum atomic E-state index is -3.79. The highest BCUT2D eigenvalue weighted by atomic mass is 32.2. The van der Waals surface area contributed by atoms with Gasteiger partial charge in [0.15, 0.2) is 0 Å². The van der Waals surface area contributed by atoms with E-state index in [4.69, 9.17) is 14.2 Å². The Morgan fingerprint density at radius 3 is 2.32 bits per heavy atom. The van der Waals surface area contributed by atoms with Crippen molar-refractivity contribution >= 4 is 15.7 Å². The molecule has 1 aliphatic heterocycles. The summed E-state index contributed by atoms with van der Waals surface area (Å²) >= 11 is 0. The summed E-state index contributed by atoms with van der Waals surface area (Å²) in [6.07, 6.45) is 0. The minimum Gasteiger partial charge on any atom is -0.497 e. The van der Waals surface area contributed by atoms with Gasteiger partial charge in [-0.2, -0.15) is 0 Å². The Morgan fingerprint density at radius 1 is 1.06 bits per heavy atom. The molecule has 0 saturated carbocycles. The Labute approximate surface area is 184 Å². The second kappa shape index (κ2) is 10.3. The number of ether oxygens (including phenoxy) is 3. The van der Waals surface area contributed by atoms with Crippen LogP contribution in [0.2, 0.25) is 0 Å². The average Bonchev–Trinajstić information content (AvgIpc) is 2.79. The summed E-state index contributed by atoms with van der Waals surface area (Å²) in [6.45, 7) is 2.98. The molecule has 8 nitrogen and oxygen atoms in total. The lowest BCUT2D eigenvalue weighted by molar-refractivity contribution is 0.0172. The van der Waals surface area contributed by atoms with Crippen molar-refractivity contribution in [2.45, 2.75) is 10.9 Å². The quantitative estimate of drug-likeness (QED) is 0.628. The van der Waals surface area contributed by atoms with Crippen LogP contribution < -0.4 is 19.1 Å². The Balaban J connectivity index is 1.84. The topological polar surface area (TPSA) is 80.3 Å². The molecule has 9 heteroatoms. The van der Waals surface area contributed by atoms with Crippen LogP contribution in [0.25, 0.3) is 0 Å². The van der Waals surface area contributed by atoms with E-state index in [2.05, 4.69) is 21.8 Å². The van der Waals surface area contributed by atoms with Crippen LogP contribution in [0.3, 0.4) is 0 Å². The number of sulfonamides is 1. The van der Waals surface area contributed by atoms with Crippen LogP contribution in [0.5, 0.6) is 11.5 Å². The SMILES string of the molecule is COc1ccc(S(=O)(=O)NC[C@@H](c2ccc(N(C)C)cc2)N2CCOCC2)c(OC)c1. The molecular weight excluding hydrogens is 418 g/mol. The summed E-state index contributed by atoms with van der Waals surface area (Å²) in [5.41, 5.74) is 2.14. The number of hydrogen-bond acceptors (Lipinski definition) is 7. The van der Waals surface area contributed by atoms with E-state index in [-0.39, 0.29) is 23.2 Å². The molecule has 0 radical (unpaired) electrons. The van der Waals surface area contributed by atoms with Crippen LogP contribution >= 0.6 is 0 Å².